The first-order chi connectivity index (χ1) is 9.95. The maximum absolute atomic E-state index is 12.2. The molecule has 1 amide bonds. The van der Waals surface area contributed by atoms with Gasteiger partial charge in [0.2, 0.25) is 0 Å². The number of aliphatic carboxylic acids is 1. The van der Waals surface area contributed by atoms with Crippen molar-refractivity contribution >= 4 is 23.3 Å². The normalized spacial score (nSPS) is 10.1. The summed E-state index contributed by atoms with van der Waals surface area (Å²) in [6.45, 7) is 1.89. The van der Waals surface area contributed by atoms with Crippen LogP contribution in [0.25, 0.3) is 0 Å². The van der Waals surface area contributed by atoms with Crippen molar-refractivity contribution in [1.82, 2.24) is 0 Å². The lowest BCUT2D eigenvalue weighted by Gasteiger charge is -2.09. The van der Waals surface area contributed by atoms with Crippen LogP contribution in [0.5, 0.6) is 0 Å². The summed E-state index contributed by atoms with van der Waals surface area (Å²) >= 11 is 0. The molecule has 2 rings (SSSR count). The van der Waals surface area contributed by atoms with Gasteiger partial charge in [-0.15, -0.1) is 0 Å². The molecule has 0 saturated carbocycles. The highest BCUT2D eigenvalue weighted by molar-refractivity contribution is 6.07. The van der Waals surface area contributed by atoms with Crippen LogP contribution in [0.15, 0.2) is 42.5 Å². The number of aryl methyl sites for hydroxylation is 1. The minimum absolute atomic E-state index is 0.0426. The van der Waals surface area contributed by atoms with Gasteiger partial charge in [-0.2, -0.15) is 0 Å². The Hall–Kier alpha value is -2.82. The Balaban J connectivity index is 2.12. The van der Waals surface area contributed by atoms with Crippen LogP contribution in [0, 0.1) is 6.92 Å². The molecule has 0 bridgehead atoms. The van der Waals surface area contributed by atoms with Gasteiger partial charge in [-0.05, 0) is 36.8 Å². The fourth-order valence-electron chi connectivity index (χ4n) is 1.95. The molecular weight excluding hydrogens is 268 g/mol. The first kappa shape index (κ1) is 14.6. The fraction of sp³-hybridized carbons (Fsp3) is 0.125. The van der Waals surface area contributed by atoms with Crippen LogP contribution in [-0.4, -0.2) is 17.0 Å². The van der Waals surface area contributed by atoms with Gasteiger partial charge in [-0.25, -0.2) is 0 Å². The Bertz CT molecular complexity index is 678. The summed E-state index contributed by atoms with van der Waals surface area (Å²) < 4.78 is 0. The quantitative estimate of drug-likeness (QED) is 0.752. The highest BCUT2D eigenvalue weighted by atomic mass is 16.4. The summed E-state index contributed by atoms with van der Waals surface area (Å²) in [5.74, 6) is -1.18. The molecule has 0 aliphatic carbocycles. The van der Waals surface area contributed by atoms with Crippen LogP contribution in [0.1, 0.15) is 21.5 Å². The average molecular weight is 284 g/mol. The Morgan fingerprint density at radius 3 is 2.43 bits per heavy atom. The SMILES string of the molecule is Cc1ccc(N)c(C(=O)Nc2ccc(CC(=O)O)cc2)c1. The Kier molecular flexibility index (Phi) is 4.23. The number of rotatable bonds is 4. The van der Waals surface area contributed by atoms with Gasteiger partial charge >= 0.3 is 5.97 Å². The molecule has 0 aliphatic heterocycles. The van der Waals surface area contributed by atoms with E-state index in [9.17, 15) is 9.59 Å². The molecule has 108 valence electrons. The van der Waals surface area contributed by atoms with Gasteiger partial charge in [0.15, 0.2) is 0 Å². The standard InChI is InChI=1S/C16H16N2O3/c1-10-2-7-14(17)13(8-10)16(21)18-12-5-3-11(4-6-12)9-15(19)20/h2-8H,9,17H2,1H3,(H,18,21)(H,19,20). The lowest BCUT2D eigenvalue weighted by atomic mass is 10.1. The summed E-state index contributed by atoms with van der Waals surface area (Å²) in [7, 11) is 0. The second-order valence-electron chi connectivity index (χ2n) is 4.81. The van der Waals surface area contributed by atoms with E-state index < -0.39 is 5.97 Å². The van der Waals surface area contributed by atoms with Gasteiger partial charge in [0.25, 0.3) is 5.91 Å². The third-order valence-electron chi connectivity index (χ3n) is 3.02. The van der Waals surface area contributed by atoms with Gasteiger partial charge in [0, 0.05) is 11.4 Å². The van der Waals surface area contributed by atoms with Crippen LogP contribution >= 0.6 is 0 Å². The Labute approximate surface area is 122 Å². The van der Waals surface area contributed by atoms with Gasteiger partial charge in [-0.3, -0.25) is 9.59 Å². The number of hydrogen-bond acceptors (Lipinski definition) is 3. The summed E-state index contributed by atoms with van der Waals surface area (Å²) in [4.78, 5) is 22.8. The zero-order chi connectivity index (χ0) is 15.4. The second-order valence-corrected chi connectivity index (χ2v) is 4.81. The lowest BCUT2D eigenvalue weighted by Crippen LogP contribution is -2.14. The van der Waals surface area contributed by atoms with Gasteiger partial charge in [0.05, 0.1) is 12.0 Å². The van der Waals surface area contributed by atoms with Gasteiger partial charge in [-0.1, -0.05) is 23.8 Å². The second kappa shape index (κ2) is 6.09. The van der Waals surface area contributed by atoms with Crippen molar-refractivity contribution in [2.75, 3.05) is 11.1 Å². The first-order valence-corrected chi connectivity index (χ1v) is 6.44. The third kappa shape index (κ3) is 3.82. The van der Waals surface area contributed by atoms with Crippen molar-refractivity contribution in [3.05, 3.63) is 59.2 Å². The van der Waals surface area contributed by atoms with Crippen LogP contribution in [0.4, 0.5) is 11.4 Å². The van der Waals surface area contributed by atoms with E-state index in [1.807, 2.05) is 13.0 Å². The maximum Gasteiger partial charge on any atom is 0.307 e. The highest BCUT2D eigenvalue weighted by Crippen LogP contribution is 2.17. The van der Waals surface area contributed by atoms with E-state index in [1.54, 1.807) is 36.4 Å². The molecular formula is C16H16N2O3. The van der Waals surface area contributed by atoms with E-state index in [0.29, 0.717) is 22.5 Å². The predicted molar refractivity (Wildman–Crippen MR) is 81.3 cm³/mol. The average Bonchev–Trinajstić information content (AvgIpc) is 2.43. The van der Waals surface area contributed by atoms with E-state index in [2.05, 4.69) is 5.32 Å². The molecule has 0 unspecified atom stereocenters. The highest BCUT2D eigenvalue weighted by Gasteiger charge is 2.10. The summed E-state index contributed by atoms with van der Waals surface area (Å²) in [6.07, 6.45) is -0.0426. The van der Waals surface area contributed by atoms with E-state index in [-0.39, 0.29) is 12.3 Å². The molecule has 0 heterocycles. The van der Waals surface area contributed by atoms with E-state index in [1.165, 1.54) is 0 Å². The molecule has 4 N–H and O–H groups in total. The number of anilines is 2. The molecule has 5 nitrogen and oxygen atoms in total. The third-order valence-corrected chi connectivity index (χ3v) is 3.02. The monoisotopic (exact) mass is 284 g/mol. The fourth-order valence-corrected chi connectivity index (χ4v) is 1.95. The molecule has 21 heavy (non-hydrogen) atoms. The number of nitrogens with one attached hydrogen (secondary N) is 1. The number of carboxylic acid groups (broad SMARTS) is 1. The molecule has 0 spiro atoms. The molecule has 5 heteroatoms. The van der Waals surface area contributed by atoms with Crippen LogP contribution in [0.2, 0.25) is 0 Å². The van der Waals surface area contributed by atoms with E-state index in [4.69, 9.17) is 10.8 Å². The number of nitrogens with two attached hydrogens (primary N) is 1. The smallest absolute Gasteiger partial charge is 0.307 e. The molecule has 2 aromatic rings. The van der Waals surface area contributed by atoms with Crippen molar-refractivity contribution in [3.8, 4) is 0 Å². The number of nitrogen functional groups attached to an aromatic ring is 1. The van der Waals surface area contributed by atoms with Crippen molar-refractivity contribution in [1.29, 1.82) is 0 Å². The number of carbonyl (C=O) groups excluding carboxylic acids is 1. The number of hydrogen-bond donors (Lipinski definition) is 3. The number of carbonyl (C=O) groups is 2. The largest absolute Gasteiger partial charge is 0.481 e. The first-order valence-electron chi connectivity index (χ1n) is 6.44. The summed E-state index contributed by atoms with van der Waals surface area (Å²) in [6, 6.07) is 11.9. The lowest BCUT2D eigenvalue weighted by molar-refractivity contribution is -0.136. The van der Waals surface area contributed by atoms with Gasteiger partial charge < -0.3 is 16.2 Å². The molecule has 0 radical (unpaired) electrons. The van der Waals surface area contributed by atoms with E-state index >= 15 is 0 Å². The number of benzene rings is 2. The molecule has 0 aliphatic rings. The predicted octanol–water partition coefficient (Wildman–Crippen LogP) is 2.46. The van der Waals surface area contributed by atoms with Crippen molar-refractivity contribution in [2.24, 2.45) is 0 Å². The van der Waals surface area contributed by atoms with Crippen LogP contribution in [0.3, 0.4) is 0 Å². The molecule has 0 atom stereocenters. The van der Waals surface area contributed by atoms with Gasteiger partial charge in [0.1, 0.15) is 0 Å². The van der Waals surface area contributed by atoms with Crippen molar-refractivity contribution < 1.29 is 14.7 Å². The minimum atomic E-state index is -0.890. The Morgan fingerprint density at radius 2 is 1.81 bits per heavy atom. The van der Waals surface area contributed by atoms with Crippen LogP contribution in [-0.2, 0) is 11.2 Å². The summed E-state index contributed by atoms with van der Waals surface area (Å²) in [5.41, 5.74) is 8.85. The molecule has 0 saturated heterocycles. The number of amides is 1. The molecule has 0 aromatic heterocycles. The molecule has 0 fully saturated rings. The number of carboxylic acids is 1. The van der Waals surface area contributed by atoms with E-state index in [0.717, 1.165) is 5.56 Å². The minimum Gasteiger partial charge on any atom is -0.481 e. The van der Waals surface area contributed by atoms with Crippen molar-refractivity contribution in [3.63, 3.8) is 0 Å². The zero-order valence-electron chi connectivity index (χ0n) is 11.6. The summed E-state index contributed by atoms with van der Waals surface area (Å²) in [5, 5.41) is 11.4. The Morgan fingerprint density at radius 1 is 1.14 bits per heavy atom. The maximum atomic E-state index is 12.2. The van der Waals surface area contributed by atoms with Crippen LogP contribution < -0.4 is 11.1 Å². The zero-order valence-corrected chi connectivity index (χ0v) is 11.6. The topological polar surface area (TPSA) is 92.4 Å². The molecule has 2 aromatic carbocycles. The van der Waals surface area contributed by atoms with Crippen molar-refractivity contribution in [2.45, 2.75) is 13.3 Å².